The van der Waals surface area contributed by atoms with Crippen LogP contribution in [0, 0.1) is 0 Å². The molecule has 6 nitrogen and oxygen atoms in total. The van der Waals surface area contributed by atoms with Crippen LogP contribution in [0.2, 0.25) is 0 Å². The molecule has 0 fully saturated rings. The number of aliphatic hydroxyl groups excluding tert-OH is 2. The molecule has 0 aromatic heterocycles. The third-order valence-corrected chi connectivity index (χ3v) is 4.95. The molecule has 0 bridgehead atoms. The third-order valence-electron chi connectivity index (χ3n) is 4.95. The maximum Gasteiger partial charge on any atom is 0.339 e. The van der Waals surface area contributed by atoms with E-state index in [4.69, 9.17) is 14.9 Å². The summed E-state index contributed by atoms with van der Waals surface area (Å²) in [5, 5.41) is 17.7. The highest BCUT2D eigenvalue weighted by molar-refractivity contribution is 5.85. The Labute approximate surface area is 177 Å². The van der Waals surface area contributed by atoms with Crippen LogP contribution in [0.4, 0.5) is 0 Å². The summed E-state index contributed by atoms with van der Waals surface area (Å²) in [4.78, 5) is 22.9. The number of rotatable bonds is 21. The fourth-order valence-corrected chi connectivity index (χ4v) is 3.18. The van der Waals surface area contributed by atoms with Gasteiger partial charge in [-0.25, -0.2) is 4.79 Å². The van der Waals surface area contributed by atoms with Gasteiger partial charge in [0.25, 0.3) is 0 Å². The zero-order valence-corrected chi connectivity index (χ0v) is 18.5. The number of carbonyl (C=O) groups excluding carboxylic acids is 2. The average Bonchev–Trinajstić information content (AvgIpc) is 2.70. The number of esters is 2. The number of hydrogen-bond acceptors (Lipinski definition) is 6. The molecule has 0 aromatic rings. The first-order valence-electron chi connectivity index (χ1n) is 11.7. The highest BCUT2D eigenvalue weighted by Gasteiger charge is 2.11. The van der Waals surface area contributed by atoms with Crippen LogP contribution in [-0.4, -0.2) is 48.1 Å². The van der Waals surface area contributed by atoms with Gasteiger partial charge in [0, 0.05) is 6.42 Å². The second-order valence-electron chi connectivity index (χ2n) is 7.90. The first-order valence-corrected chi connectivity index (χ1v) is 11.7. The quantitative estimate of drug-likeness (QED) is 0.160. The van der Waals surface area contributed by atoms with Crippen LogP contribution >= 0.6 is 0 Å². The summed E-state index contributed by atoms with van der Waals surface area (Å²) in [6, 6.07) is 0. The molecule has 0 aromatic carbocycles. The standard InChI is InChI=1S/C23H44O6/c1-2-3-4-5-6-7-8-9-10-11-12-13-14-15-16-17-22(26)29-23(27)20-28-19-21(25)18-24/h21,24-25H,2-20H2,1H3. The van der Waals surface area contributed by atoms with E-state index in [1.54, 1.807) is 0 Å². The lowest BCUT2D eigenvalue weighted by atomic mass is 10.0. The van der Waals surface area contributed by atoms with Crippen molar-refractivity contribution in [2.75, 3.05) is 19.8 Å². The van der Waals surface area contributed by atoms with Crippen LogP contribution in [0.15, 0.2) is 0 Å². The minimum absolute atomic E-state index is 0.168. The monoisotopic (exact) mass is 416 g/mol. The number of carbonyl (C=O) groups is 2. The Morgan fingerprint density at radius 3 is 1.62 bits per heavy atom. The smallest absolute Gasteiger partial charge is 0.339 e. The minimum atomic E-state index is -1.03. The third kappa shape index (κ3) is 21.5. The van der Waals surface area contributed by atoms with E-state index in [9.17, 15) is 9.59 Å². The summed E-state index contributed by atoms with van der Waals surface area (Å²) >= 11 is 0. The van der Waals surface area contributed by atoms with E-state index >= 15 is 0 Å². The number of aliphatic hydroxyl groups is 2. The van der Waals surface area contributed by atoms with Crippen LogP contribution in [0.5, 0.6) is 0 Å². The fraction of sp³-hybridized carbons (Fsp3) is 0.913. The molecule has 1 unspecified atom stereocenters. The van der Waals surface area contributed by atoms with E-state index in [1.165, 1.54) is 77.0 Å². The average molecular weight is 417 g/mol. The zero-order valence-electron chi connectivity index (χ0n) is 18.5. The highest BCUT2D eigenvalue weighted by Crippen LogP contribution is 2.13. The van der Waals surface area contributed by atoms with E-state index in [0.717, 1.165) is 19.3 Å². The van der Waals surface area contributed by atoms with Crippen molar-refractivity contribution in [2.45, 2.75) is 116 Å². The van der Waals surface area contributed by atoms with Gasteiger partial charge in [-0.1, -0.05) is 96.8 Å². The number of hydrogen-bond donors (Lipinski definition) is 2. The largest absolute Gasteiger partial charge is 0.394 e. The Morgan fingerprint density at radius 2 is 1.17 bits per heavy atom. The van der Waals surface area contributed by atoms with Crippen molar-refractivity contribution < 1.29 is 29.3 Å². The van der Waals surface area contributed by atoms with E-state index in [1.807, 2.05) is 0 Å². The van der Waals surface area contributed by atoms with Crippen molar-refractivity contribution in [2.24, 2.45) is 0 Å². The molecular formula is C23H44O6. The van der Waals surface area contributed by atoms with Gasteiger partial charge in [-0.2, -0.15) is 0 Å². The van der Waals surface area contributed by atoms with E-state index < -0.39 is 31.3 Å². The normalized spacial score (nSPS) is 12.1. The van der Waals surface area contributed by atoms with Crippen LogP contribution in [0.3, 0.4) is 0 Å². The van der Waals surface area contributed by atoms with Crippen LogP contribution in [0.1, 0.15) is 110 Å². The number of ether oxygens (including phenoxy) is 2. The Hall–Kier alpha value is -0.980. The van der Waals surface area contributed by atoms with Crippen molar-refractivity contribution in [3.63, 3.8) is 0 Å². The molecule has 0 spiro atoms. The van der Waals surface area contributed by atoms with Crippen molar-refractivity contribution in [1.82, 2.24) is 0 Å². The predicted octanol–water partition coefficient (Wildman–Crippen LogP) is 4.69. The zero-order chi connectivity index (χ0) is 21.6. The van der Waals surface area contributed by atoms with Crippen LogP contribution < -0.4 is 0 Å². The molecule has 0 saturated heterocycles. The molecule has 0 radical (unpaired) electrons. The Bertz CT molecular complexity index is 386. The molecule has 0 aliphatic heterocycles. The highest BCUT2D eigenvalue weighted by atomic mass is 16.6. The molecule has 0 aliphatic rings. The summed E-state index contributed by atoms with van der Waals surface area (Å²) in [6.45, 7) is 1.25. The topological polar surface area (TPSA) is 93.1 Å². The lowest BCUT2D eigenvalue weighted by Gasteiger charge is -2.07. The van der Waals surface area contributed by atoms with Crippen molar-refractivity contribution >= 4 is 11.9 Å². The summed E-state index contributed by atoms with van der Waals surface area (Å²) in [7, 11) is 0. The summed E-state index contributed by atoms with van der Waals surface area (Å²) in [5.74, 6) is -1.29. The molecule has 0 rings (SSSR count). The molecule has 0 heterocycles. The molecule has 0 amide bonds. The summed E-state index contributed by atoms with van der Waals surface area (Å²) < 4.78 is 9.48. The molecule has 6 heteroatoms. The van der Waals surface area contributed by atoms with Crippen LogP contribution in [0.25, 0.3) is 0 Å². The van der Waals surface area contributed by atoms with Gasteiger partial charge in [-0.05, 0) is 6.42 Å². The van der Waals surface area contributed by atoms with Gasteiger partial charge < -0.3 is 19.7 Å². The minimum Gasteiger partial charge on any atom is -0.394 e. The molecular weight excluding hydrogens is 372 g/mol. The lowest BCUT2D eigenvalue weighted by Crippen LogP contribution is -2.23. The van der Waals surface area contributed by atoms with Crippen LogP contribution in [-0.2, 0) is 19.1 Å². The summed E-state index contributed by atoms with van der Waals surface area (Å²) in [5.41, 5.74) is 0. The van der Waals surface area contributed by atoms with Gasteiger partial charge in [-0.15, -0.1) is 0 Å². The predicted molar refractivity (Wildman–Crippen MR) is 115 cm³/mol. The second kappa shape index (κ2) is 21.7. The first-order chi connectivity index (χ1) is 14.1. The van der Waals surface area contributed by atoms with Gasteiger partial charge in [-0.3, -0.25) is 4.79 Å². The van der Waals surface area contributed by atoms with Gasteiger partial charge >= 0.3 is 11.9 Å². The molecule has 172 valence electrons. The molecule has 2 N–H and O–H groups in total. The van der Waals surface area contributed by atoms with E-state index in [2.05, 4.69) is 11.7 Å². The van der Waals surface area contributed by atoms with E-state index in [-0.39, 0.29) is 13.0 Å². The Morgan fingerprint density at radius 1 is 0.724 bits per heavy atom. The fourth-order valence-electron chi connectivity index (χ4n) is 3.18. The molecule has 1 atom stereocenters. The Balaban J connectivity index is 3.29. The molecule has 29 heavy (non-hydrogen) atoms. The maximum atomic E-state index is 11.6. The number of unbranched alkanes of at least 4 members (excludes halogenated alkanes) is 14. The van der Waals surface area contributed by atoms with Gasteiger partial charge in [0.05, 0.1) is 13.2 Å². The van der Waals surface area contributed by atoms with Gasteiger partial charge in [0.1, 0.15) is 12.7 Å². The van der Waals surface area contributed by atoms with Crippen molar-refractivity contribution in [1.29, 1.82) is 0 Å². The van der Waals surface area contributed by atoms with E-state index in [0.29, 0.717) is 0 Å². The van der Waals surface area contributed by atoms with Gasteiger partial charge in [0.2, 0.25) is 0 Å². The molecule has 0 saturated carbocycles. The first kappa shape index (κ1) is 28.0. The van der Waals surface area contributed by atoms with Crippen molar-refractivity contribution in [3.8, 4) is 0 Å². The second-order valence-corrected chi connectivity index (χ2v) is 7.90. The molecule has 0 aliphatic carbocycles. The van der Waals surface area contributed by atoms with Crippen molar-refractivity contribution in [3.05, 3.63) is 0 Å². The lowest BCUT2D eigenvalue weighted by molar-refractivity contribution is -0.163. The van der Waals surface area contributed by atoms with Gasteiger partial charge in [0.15, 0.2) is 0 Å². The maximum absolute atomic E-state index is 11.6. The Kier molecular flexibility index (Phi) is 21.0. The summed E-state index contributed by atoms with van der Waals surface area (Å²) in [6.07, 6.45) is 18.1. The SMILES string of the molecule is CCCCCCCCCCCCCCCCCC(=O)OC(=O)COCC(O)CO.